The molecule has 0 amide bonds. The number of nitrogens with zero attached hydrogens (tertiary/aromatic N) is 5. The summed E-state index contributed by atoms with van der Waals surface area (Å²) in [4.78, 5) is 13.2. The molecule has 0 unspecified atom stereocenters. The topological polar surface area (TPSA) is 68.5 Å². The molecule has 2 aromatic heterocycles. The highest BCUT2D eigenvalue weighted by molar-refractivity contribution is 5.28. The lowest BCUT2D eigenvalue weighted by Crippen LogP contribution is -2.26. The number of aromatic nitrogens is 5. The molecule has 6 heteroatoms. The maximum Gasteiger partial charge on any atom is 0.138 e. The van der Waals surface area contributed by atoms with E-state index in [1.807, 2.05) is 4.68 Å². The molecule has 0 saturated heterocycles. The summed E-state index contributed by atoms with van der Waals surface area (Å²) in [6, 6.07) is 0. The molecule has 0 aromatic carbocycles. The standard InChI is InChI=1S/C13H18N6/c1-2-5-19-13(17-9-18-19)6-12-10-7-14-4-3-11(10)15-8-16-12/h8-9,14H,2-7H2,1H3. The number of hydrogen-bond donors (Lipinski definition) is 1. The van der Waals surface area contributed by atoms with Gasteiger partial charge in [0.25, 0.3) is 0 Å². The van der Waals surface area contributed by atoms with E-state index in [-0.39, 0.29) is 0 Å². The molecular formula is C13H18N6. The van der Waals surface area contributed by atoms with E-state index in [1.54, 1.807) is 12.7 Å². The van der Waals surface area contributed by atoms with E-state index < -0.39 is 0 Å². The first-order valence-corrected chi connectivity index (χ1v) is 6.77. The quantitative estimate of drug-likeness (QED) is 0.875. The zero-order chi connectivity index (χ0) is 13.1. The van der Waals surface area contributed by atoms with Crippen molar-refractivity contribution in [3.8, 4) is 0 Å². The summed E-state index contributed by atoms with van der Waals surface area (Å²) in [5, 5.41) is 7.64. The van der Waals surface area contributed by atoms with Crippen molar-refractivity contribution in [1.82, 2.24) is 30.0 Å². The van der Waals surface area contributed by atoms with Gasteiger partial charge >= 0.3 is 0 Å². The Hall–Kier alpha value is -1.82. The Bertz CT molecular complexity index is 562. The van der Waals surface area contributed by atoms with Crippen molar-refractivity contribution >= 4 is 0 Å². The average Bonchev–Trinajstić information content (AvgIpc) is 2.87. The summed E-state index contributed by atoms with van der Waals surface area (Å²) < 4.78 is 1.96. The molecule has 0 radical (unpaired) electrons. The fraction of sp³-hybridized carbons (Fsp3) is 0.538. The lowest BCUT2D eigenvalue weighted by atomic mass is 10.0. The predicted octanol–water partition coefficient (Wildman–Crippen LogP) is 0.715. The summed E-state index contributed by atoms with van der Waals surface area (Å²) in [7, 11) is 0. The normalized spacial score (nSPS) is 14.4. The molecule has 0 fully saturated rings. The Balaban J connectivity index is 1.88. The minimum Gasteiger partial charge on any atom is -0.312 e. The van der Waals surface area contributed by atoms with Gasteiger partial charge in [-0.2, -0.15) is 5.10 Å². The van der Waals surface area contributed by atoms with Gasteiger partial charge in [-0.1, -0.05) is 6.92 Å². The van der Waals surface area contributed by atoms with Gasteiger partial charge in [-0.05, 0) is 6.42 Å². The van der Waals surface area contributed by atoms with Crippen LogP contribution in [0, 0.1) is 0 Å². The smallest absolute Gasteiger partial charge is 0.138 e. The molecule has 3 heterocycles. The molecule has 100 valence electrons. The minimum atomic E-state index is 0.729. The highest BCUT2D eigenvalue weighted by Gasteiger charge is 2.16. The SMILES string of the molecule is CCCn1ncnc1Cc1ncnc2c1CNCC2. The van der Waals surface area contributed by atoms with Crippen molar-refractivity contribution in [2.45, 2.75) is 39.3 Å². The third-order valence-corrected chi connectivity index (χ3v) is 3.42. The molecule has 0 spiro atoms. The molecule has 6 nitrogen and oxygen atoms in total. The van der Waals surface area contributed by atoms with Crippen LogP contribution in [0.25, 0.3) is 0 Å². The average molecular weight is 258 g/mol. The largest absolute Gasteiger partial charge is 0.312 e. The van der Waals surface area contributed by atoms with E-state index in [2.05, 4.69) is 32.3 Å². The monoisotopic (exact) mass is 258 g/mol. The Morgan fingerprint density at radius 2 is 2.21 bits per heavy atom. The maximum atomic E-state index is 4.44. The van der Waals surface area contributed by atoms with Crippen LogP contribution in [-0.2, 0) is 25.9 Å². The van der Waals surface area contributed by atoms with Gasteiger partial charge in [0.1, 0.15) is 18.5 Å². The van der Waals surface area contributed by atoms with Crippen LogP contribution in [-0.4, -0.2) is 31.3 Å². The molecule has 3 rings (SSSR count). The molecule has 2 aromatic rings. The second-order valence-corrected chi connectivity index (χ2v) is 4.75. The zero-order valence-electron chi connectivity index (χ0n) is 11.1. The van der Waals surface area contributed by atoms with Crippen molar-refractivity contribution in [3.05, 3.63) is 35.4 Å². The first kappa shape index (κ1) is 12.2. The second kappa shape index (κ2) is 5.44. The fourth-order valence-electron chi connectivity index (χ4n) is 2.46. The number of nitrogens with one attached hydrogen (secondary N) is 1. The Morgan fingerprint density at radius 1 is 1.26 bits per heavy atom. The van der Waals surface area contributed by atoms with Gasteiger partial charge in [0.2, 0.25) is 0 Å². The molecule has 0 bridgehead atoms. The van der Waals surface area contributed by atoms with Crippen molar-refractivity contribution in [3.63, 3.8) is 0 Å². The highest BCUT2D eigenvalue weighted by atomic mass is 15.3. The van der Waals surface area contributed by atoms with Crippen molar-refractivity contribution < 1.29 is 0 Å². The zero-order valence-corrected chi connectivity index (χ0v) is 11.1. The molecule has 1 aliphatic heterocycles. The summed E-state index contributed by atoms with van der Waals surface area (Å²) in [6.45, 7) is 4.89. The van der Waals surface area contributed by atoms with Crippen LogP contribution in [0.4, 0.5) is 0 Å². The van der Waals surface area contributed by atoms with Gasteiger partial charge in [0.15, 0.2) is 0 Å². The van der Waals surface area contributed by atoms with Gasteiger partial charge in [0, 0.05) is 37.3 Å². The molecule has 1 N–H and O–H groups in total. The number of rotatable bonds is 4. The summed E-state index contributed by atoms with van der Waals surface area (Å²) >= 11 is 0. The first-order chi connectivity index (χ1) is 9.38. The fourth-order valence-corrected chi connectivity index (χ4v) is 2.46. The maximum absolute atomic E-state index is 4.44. The van der Waals surface area contributed by atoms with E-state index in [9.17, 15) is 0 Å². The number of hydrogen-bond acceptors (Lipinski definition) is 5. The molecule has 0 atom stereocenters. The van der Waals surface area contributed by atoms with Crippen LogP contribution in [0.15, 0.2) is 12.7 Å². The Labute approximate surface area is 112 Å². The van der Waals surface area contributed by atoms with Gasteiger partial charge in [-0.15, -0.1) is 0 Å². The lowest BCUT2D eigenvalue weighted by molar-refractivity contribution is 0.570. The van der Waals surface area contributed by atoms with Crippen LogP contribution in [0.1, 0.15) is 36.1 Å². The van der Waals surface area contributed by atoms with Crippen LogP contribution < -0.4 is 5.32 Å². The third-order valence-electron chi connectivity index (χ3n) is 3.42. The summed E-state index contributed by atoms with van der Waals surface area (Å²) in [5.41, 5.74) is 3.48. The minimum absolute atomic E-state index is 0.729. The predicted molar refractivity (Wildman–Crippen MR) is 70.6 cm³/mol. The molecular weight excluding hydrogens is 240 g/mol. The Morgan fingerprint density at radius 3 is 3.11 bits per heavy atom. The van der Waals surface area contributed by atoms with Crippen molar-refractivity contribution in [2.75, 3.05) is 6.54 Å². The van der Waals surface area contributed by atoms with Crippen LogP contribution >= 0.6 is 0 Å². The van der Waals surface area contributed by atoms with Crippen molar-refractivity contribution in [1.29, 1.82) is 0 Å². The van der Waals surface area contributed by atoms with Gasteiger partial charge in [-0.3, -0.25) is 0 Å². The van der Waals surface area contributed by atoms with E-state index in [1.165, 1.54) is 11.3 Å². The van der Waals surface area contributed by atoms with Crippen LogP contribution in [0.2, 0.25) is 0 Å². The second-order valence-electron chi connectivity index (χ2n) is 4.75. The summed E-state index contributed by atoms with van der Waals surface area (Å²) in [6.07, 6.45) is 6.05. The van der Waals surface area contributed by atoms with E-state index in [0.717, 1.165) is 50.4 Å². The third kappa shape index (κ3) is 2.49. The van der Waals surface area contributed by atoms with Crippen LogP contribution in [0.5, 0.6) is 0 Å². The molecule has 0 saturated carbocycles. The molecule has 19 heavy (non-hydrogen) atoms. The first-order valence-electron chi connectivity index (χ1n) is 6.77. The molecule has 1 aliphatic rings. The van der Waals surface area contributed by atoms with E-state index in [4.69, 9.17) is 0 Å². The highest BCUT2D eigenvalue weighted by Crippen LogP contribution is 2.16. The molecule has 0 aliphatic carbocycles. The Kier molecular flexibility index (Phi) is 3.50. The summed E-state index contributed by atoms with van der Waals surface area (Å²) in [5.74, 6) is 0.980. The van der Waals surface area contributed by atoms with Gasteiger partial charge in [0.05, 0.1) is 12.1 Å². The lowest BCUT2D eigenvalue weighted by Gasteiger charge is -2.18. The number of aryl methyl sites for hydroxylation is 1. The van der Waals surface area contributed by atoms with E-state index >= 15 is 0 Å². The van der Waals surface area contributed by atoms with Crippen LogP contribution in [0.3, 0.4) is 0 Å². The van der Waals surface area contributed by atoms with Gasteiger partial charge in [-0.25, -0.2) is 19.6 Å². The number of fused-ring (bicyclic) bond motifs is 1. The van der Waals surface area contributed by atoms with Crippen molar-refractivity contribution in [2.24, 2.45) is 0 Å². The van der Waals surface area contributed by atoms with Gasteiger partial charge < -0.3 is 5.32 Å². The van der Waals surface area contributed by atoms with E-state index in [0.29, 0.717) is 0 Å².